The SMILES string of the molecule is CC(N[C@H](C)c1ccccc1F)c1ccccc1O. The third-order valence-corrected chi connectivity index (χ3v) is 3.27. The fourth-order valence-electron chi connectivity index (χ4n) is 2.23. The van der Waals surface area contributed by atoms with Crippen molar-refractivity contribution < 1.29 is 9.50 Å². The van der Waals surface area contributed by atoms with Crippen LogP contribution < -0.4 is 5.32 Å². The summed E-state index contributed by atoms with van der Waals surface area (Å²) in [6.45, 7) is 3.86. The van der Waals surface area contributed by atoms with Gasteiger partial charge >= 0.3 is 0 Å². The highest BCUT2D eigenvalue weighted by molar-refractivity contribution is 5.34. The summed E-state index contributed by atoms with van der Waals surface area (Å²) in [6.07, 6.45) is 0. The summed E-state index contributed by atoms with van der Waals surface area (Å²) in [5.41, 5.74) is 1.44. The van der Waals surface area contributed by atoms with Crippen LogP contribution in [0.5, 0.6) is 5.75 Å². The number of rotatable bonds is 4. The molecule has 19 heavy (non-hydrogen) atoms. The molecule has 2 rings (SSSR count). The molecule has 2 atom stereocenters. The van der Waals surface area contributed by atoms with Crippen molar-refractivity contribution in [2.75, 3.05) is 0 Å². The predicted molar refractivity (Wildman–Crippen MR) is 74.5 cm³/mol. The van der Waals surface area contributed by atoms with Gasteiger partial charge in [0.2, 0.25) is 0 Å². The van der Waals surface area contributed by atoms with Crippen molar-refractivity contribution in [3.05, 3.63) is 65.5 Å². The van der Waals surface area contributed by atoms with Crippen LogP contribution in [0.1, 0.15) is 37.1 Å². The van der Waals surface area contributed by atoms with Gasteiger partial charge in [-0.1, -0.05) is 36.4 Å². The lowest BCUT2D eigenvalue weighted by Gasteiger charge is -2.21. The number of benzene rings is 2. The fraction of sp³-hybridized carbons (Fsp3) is 0.250. The molecule has 0 bridgehead atoms. The molecule has 0 spiro atoms. The van der Waals surface area contributed by atoms with E-state index in [4.69, 9.17) is 0 Å². The first-order valence-corrected chi connectivity index (χ1v) is 6.38. The molecule has 0 aliphatic rings. The predicted octanol–water partition coefficient (Wildman–Crippen LogP) is 3.94. The van der Waals surface area contributed by atoms with Gasteiger partial charge in [0, 0.05) is 23.2 Å². The van der Waals surface area contributed by atoms with Crippen molar-refractivity contribution in [1.29, 1.82) is 0 Å². The minimum Gasteiger partial charge on any atom is -0.508 e. The van der Waals surface area contributed by atoms with Crippen LogP contribution in [0.25, 0.3) is 0 Å². The summed E-state index contributed by atoms with van der Waals surface area (Å²) in [5, 5.41) is 13.1. The monoisotopic (exact) mass is 259 g/mol. The fourth-order valence-corrected chi connectivity index (χ4v) is 2.23. The first kappa shape index (κ1) is 13.6. The molecule has 0 fully saturated rings. The molecule has 0 radical (unpaired) electrons. The quantitative estimate of drug-likeness (QED) is 0.871. The van der Waals surface area contributed by atoms with Crippen LogP contribution in [0, 0.1) is 5.82 Å². The Balaban J connectivity index is 2.13. The lowest BCUT2D eigenvalue weighted by atomic mass is 10.0. The molecule has 0 aliphatic heterocycles. The molecule has 0 heterocycles. The van der Waals surface area contributed by atoms with E-state index in [1.165, 1.54) is 6.07 Å². The van der Waals surface area contributed by atoms with Gasteiger partial charge < -0.3 is 10.4 Å². The molecule has 0 aliphatic carbocycles. The Kier molecular flexibility index (Phi) is 4.17. The van der Waals surface area contributed by atoms with Crippen LogP contribution in [0.15, 0.2) is 48.5 Å². The molecule has 2 nitrogen and oxygen atoms in total. The summed E-state index contributed by atoms with van der Waals surface area (Å²) >= 11 is 0. The number of nitrogens with one attached hydrogen (secondary N) is 1. The minimum atomic E-state index is -0.216. The number of aromatic hydroxyl groups is 1. The van der Waals surface area contributed by atoms with Crippen LogP contribution >= 0.6 is 0 Å². The molecule has 1 unspecified atom stereocenters. The van der Waals surface area contributed by atoms with Gasteiger partial charge in [0.15, 0.2) is 0 Å². The molecule has 0 aromatic heterocycles. The smallest absolute Gasteiger partial charge is 0.127 e. The van der Waals surface area contributed by atoms with E-state index >= 15 is 0 Å². The summed E-state index contributed by atoms with van der Waals surface area (Å²) in [6, 6.07) is 13.7. The average Bonchev–Trinajstić information content (AvgIpc) is 2.39. The summed E-state index contributed by atoms with van der Waals surface area (Å²) in [7, 11) is 0. The highest BCUT2D eigenvalue weighted by Gasteiger charge is 2.15. The van der Waals surface area contributed by atoms with E-state index in [-0.39, 0.29) is 23.7 Å². The third-order valence-electron chi connectivity index (χ3n) is 3.27. The second-order valence-corrected chi connectivity index (χ2v) is 4.69. The van der Waals surface area contributed by atoms with Crippen LogP contribution in [0.4, 0.5) is 4.39 Å². The molecule has 2 aromatic rings. The van der Waals surface area contributed by atoms with Gasteiger partial charge in [-0.25, -0.2) is 4.39 Å². The lowest BCUT2D eigenvalue weighted by Crippen LogP contribution is -2.23. The van der Waals surface area contributed by atoms with Gasteiger partial charge in [-0.2, -0.15) is 0 Å². The van der Waals surface area contributed by atoms with Crippen LogP contribution in [0.2, 0.25) is 0 Å². The largest absolute Gasteiger partial charge is 0.508 e. The van der Waals surface area contributed by atoms with Gasteiger partial charge in [0.05, 0.1) is 0 Å². The van der Waals surface area contributed by atoms with E-state index in [9.17, 15) is 9.50 Å². The van der Waals surface area contributed by atoms with E-state index in [1.807, 2.05) is 32.0 Å². The first-order valence-electron chi connectivity index (χ1n) is 6.38. The zero-order chi connectivity index (χ0) is 13.8. The zero-order valence-electron chi connectivity index (χ0n) is 11.1. The molecular weight excluding hydrogens is 241 g/mol. The topological polar surface area (TPSA) is 32.3 Å². The molecule has 0 amide bonds. The maximum atomic E-state index is 13.7. The first-order chi connectivity index (χ1) is 9.09. The van der Waals surface area contributed by atoms with Gasteiger partial charge in [-0.3, -0.25) is 0 Å². The summed E-state index contributed by atoms with van der Waals surface area (Å²) < 4.78 is 13.7. The number of para-hydroxylation sites is 1. The molecular formula is C16H18FNO. The van der Waals surface area contributed by atoms with Crippen molar-refractivity contribution in [2.24, 2.45) is 0 Å². The Morgan fingerprint density at radius 1 is 0.895 bits per heavy atom. The normalized spacial score (nSPS) is 14.1. The third kappa shape index (κ3) is 3.12. The minimum absolute atomic E-state index is 0.0594. The van der Waals surface area contributed by atoms with Gasteiger partial charge in [-0.15, -0.1) is 0 Å². The molecule has 2 aromatic carbocycles. The van der Waals surface area contributed by atoms with Gasteiger partial charge in [-0.05, 0) is 26.0 Å². The molecule has 0 saturated carbocycles. The number of phenolic OH excluding ortho intramolecular Hbond substituents is 1. The van der Waals surface area contributed by atoms with Crippen molar-refractivity contribution in [1.82, 2.24) is 5.32 Å². The van der Waals surface area contributed by atoms with E-state index in [0.29, 0.717) is 5.56 Å². The van der Waals surface area contributed by atoms with Crippen molar-refractivity contribution in [2.45, 2.75) is 25.9 Å². The number of halogens is 1. The van der Waals surface area contributed by atoms with Crippen LogP contribution in [-0.2, 0) is 0 Å². The Hall–Kier alpha value is -1.87. The Morgan fingerprint density at radius 2 is 1.42 bits per heavy atom. The average molecular weight is 259 g/mol. The molecule has 100 valence electrons. The molecule has 2 N–H and O–H groups in total. The lowest BCUT2D eigenvalue weighted by molar-refractivity contribution is 0.433. The maximum absolute atomic E-state index is 13.7. The molecule has 3 heteroatoms. The maximum Gasteiger partial charge on any atom is 0.127 e. The Labute approximate surface area is 112 Å². The number of phenols is 1. The van der Waals surface area contributed by atoms with Crippen molar-refractivity contribution in [3.63, 3.8) is 0 Å². The second kappa shape index (κ2) is 5.85. The number of hydrogen-bond donors (Lipinski definition) is 2. The standard InChI is InChI=1S/C16H18FNO/c1-11(13-7-3-5-9-15(13)17)18-12(2)14-8-4-6-10-16(14)19/h3-12,18-19H,1-2H3/t11-,12?/m1/s1. The van der Waals surface area contributed by atoms with Crippen molar-refractivity contribution in [3.8, 4) is 5.75 Å². The summed E-state index contributed by atoms with van der Waals surface area (Å²) in [4.78, 5) is 0. The van der Waals surface area contributed by atoms with E-state index in [2.05, 4.69) is 5.32 Å². The highest BCUT2D eigenvalue weighted by atomic mass is 19.1. The van der Waals surface area contributed by atoms with E-state index < -0.39 is 0 Å². The Bertz CT molecular complexity index is 506. The van der Waals surface area contributed by atoms with Crippen molar-refractivity contribution >= 4 is 0 Å². The Morgan fingerprint density at radius 3 is 2.05 bits per heavy atom. The van der Waals surface area contributed by atoms with Gasteiger partial charge in [0.25, 0.3) is 0 Å². The second-order valence-electron chi connectivity index (χ2n) is 4.69. The van der Waals surface area contributed by atoms with E-state index in [1.54, 1.807) is 24.3 Å². The molecule has 0 saturated heterocycles. The van der Waals surface area contributed by atoms with E-state index in [0.717, 1.165) is 5.56 Å². The summed E-state index contributed by atoms with van der Waals surface area (Å²) in [5.74, 6) is 0.0372. The number of hydrogen-bond acceptors (Lipinski definition) is 2. The highest BCUT2D eigenvalue weighted by Crippen LogP contribution is 2.26. The van der Waals surface area contributed by atoms with Crippen LogP contribution in [-0.4, -0.2) is 5.11 Å². The zero-order valence-corrected chi connectivity index (χ0v) is 11.1. The van der Waals surface area contributed by atoms with Crippen LogP contribution in [0.3, 0.4) is 0 Å². The van der Waals surface area contributed by atoms with Gasteiger partial charge in [0.1, 0.15) is 11.6 Å².